The van der Waals surface area contributed by atoms with Gasteiger partial charge in [-0.3, -0.25) is 0 Å². The lowest BCUT2D eigenvalue weighted by molar-refractivity contribution is 1.15. The van der Waals surface area contributed by atoms with E-state index >= 15 is 0 Å². The second-order valence-corrected chi connectivity index (χ2v) is 6.12. The Labute approximate surface area is 128 Å². The molecule has 0 saturated carbocycles. The molecule has 0 aliphatic heterocycles. The smallest absolute Gasteiger partial charge is 0.0551 e. The second kappa shape index (κ2) is 6.07. The van der Waals surface area contributed by atoms with E-state index in [4.69, 9.17) is 11.6 Å². The first-order valence-electron chi connectivity index (χ1n) is 5.08. The Hall–Kier alpha value is -0.260. The first kappa shape index (κ1) is 13.2. The van der Waals surface area contributed by atoms with Crippen molar-refractivity contribution in [2.24, 2.45) is 0 Å². The van der Waals surface area contributed by atoms with Crippen molar-refractivity contribution in [1.82, 2.24) is 0 Å². The van der Waals surface area contributed by atoms with E-state index in [0.29, 0.717) is 0 Å². The molecule has 0 saturated heterocycles. The summed E-state index contributed by atoms with van der Waals surface area (Å²) in [5.74, 6) is 0. The normalized spacial score (nSPS) is 10.3. The van der Waals surface area contributed by atoms with Crippen LogP contribution in [0.2, 0.25) is 5.02 Å². The highest BCUT2D eigenvalue weighted by molar-refractivity contribution is 14.1. The maximum absolute atomic E-state index is 6.04. The summed E-state index contributed by atoms with van der Waals surface area (Å²) in [5.41, 5.74) is 2.28. The molecule has 2 aromatic rings. The van der Waals surface area contributed by atoms with Gasteiger partial charge in [0, 0.05) is 20.3 Å². The molecule has 0 radical (unpaired) electrons. The van der Waals surface area contributed by atoms with Gasteiger partial charge in [0.2, 0.25) is 0 Å². The quantitative estimate of drug-likeness (QED) is 0.661. The Morgan fingerprint density at radius 2 is 1.82 bits per heavy atom. The Kier molecular flexibility index (Phi) is 4.70. The molecule has 0 bridgehead atoms. The van der Waals surface area contributed by atoms with Crippen LogP contribution in [0, 0.1) is 3.57 Å². The van der Waals surface area contributed by atoms with Crippen molar-refractivity contribution in [3.63, 3.8) is 0 Å². The Bertz CT molecular complexity index is 513. The zero-order valence-electron chi connectivity index (χ0n) is 8.88. The van der Waals surface area contributed by atoms with E-state index in [-0.39, 0.29) is 0 Å². The third-order valence-corrected chi connectivity index (χ3v) is 4.28. The summed E-state index contributed by atoms with van der Waals surface area (Å²) >= 11 is 11.7. The summed E-state index contributed by atoms with van der Waals surface area (Å²) in [6.45, 7) is 0.771. The van der Waals surface area contributed by atoms with E-state index in [1.165, 1.54) is 3.57 Å². The molecule has 0 aliphatic rings. The Morgan fingerprint density at radius 3 is 2.47 bits per heavy atom. The summed E-state index contributed by atoms with van der Waals surface area (Å²) < 4.78 is 2.16. The van der Waals surface area contributed by atoms with Gasteiger partial charge >= 0.3 is 0 Å². The van der Waals surface area contributed by atoms with Crippen LogP contribution >= 0.6 is 50.1 Å². The van der Waals surface area contributed by atoms with Crippen molar-refractivity contribution in [2.75, 3.05) is 5.32 Å². The van der Waals surface area contributed by atoms with E-state index in [1.54, 1.807) is 0 Å². The van der Waals surface area contributed by atoms with Crippen molar-refractivity contribution in [3.05, 3.63) is 61.1 Å². The molecule has 0 unspecified atom stereocenters. The van der Waals surface area contributed by atoms with E-state index in [9.17, 15) is 0 Å². The minimum Gasteiger partial charge on any atom is -0.381 e. The second-order valence-electron chi connectivity index (χ2n) is 3.61. The lowest BCUT2D eigenvalue weighted by Gasteiger charge is -2.07. The number of nitrogens with one attached hydrogen (secondary N) is 1. The van der Waals surface area contributed by atoms with Crippen LogP contribution in [0.15, 0.2) is 46.9 Å². The van der Waals surface area contributed by atoms with Gasteiger partial charge in [-0.15, -0.1) is 0 Å². The van der Waals surface area contributed by atoms with E-state index in [0.717, 1.165) is 27.3 Å². The van der Waals surface area contributed by atoms with Gasteiger partial charge in [-0.1, -0.05) is 17.7 Å². The van der Waals surface area contributed by atoms with Crippen molar-refractivity contribution in [3.8, 4) is 0 Å². The van der Waals surface area contributed by atoms with Crippen LogP contribution in [-0.2, 0) is 6.54 Å². The van der Waals surface area contributed by atoms with Crippen LogP contribution in [-0.4, -0.2) is 0 Å². The zero-order valence-corrected chi connectivity index (χ0v) is 13.4. The van der Waals surface area contributed by atoms with Crippen LogP contribution in [0.3, 0.4) is 0 Å². The number of hydrogen-bond acceptors (Lipinski definition) is 1. The molecule has 1 nitrogen and oxygen atoms in total. The molecule has 1 N–H and O–H groups in total. The molecular weight excluding hydrogens is 412 g/mol. The highest BCUT2D eigenvalue weighted by Gasteiger charge is 1.99. The predicted octanol–water partition coefficient (Wildman–Crippen LogP) is 5.32. The Balaban J connectivity index is 2.02. The third-order valence-electron chi connectivity index (χ3n) is 2.32. The summed E-state index contributed by atoms with van der Waals surface area (Å²) in [5, 5.41) is 4.10. The topological polar surface area (TPSA) is 12.0 Å². The molecule has 0 amide bonds. The number of rotatable bonds is 3. The van der Waals surface area contributed by atoms with Crippen LogP contribution in [0.1, 0.15) is 5.56 Å². The van der Waals surface area contributed by atoms with Gasteiger partial charge in [0.05, 0.1) is 5.02 Å². The van der Waals surface area contributed by atoms with E-state index < -0.39 is 0 Å². The monoisotopic (exact) mass is 421 g/mol. The number of anilines is 1. The molecule has 17 heavy (non-hydrogen) atoms. The molecule has 0 atom stereocenters. The van der Waals surface area contributed by atoms with Gasteiger partial charge in [-0.25, -0.2) is 0 Å². The molecular formula is C13H10BrClIN. The molecule has 2 aromatic carbocycles. The molecule has 0 aromatic heterocycles. The predicted molar refractivity (Wildman–Crippen MR) is 85.6 cm³/mol. The summed E-state index contributed by atoms with van der Waals surface area (Å²) in [7, 11) is 0. The average Bonchev–Trinajstić information content (AvgIpc) is 2.33. The lowest BCUT2D eigenvalue weighted by atomic mass is 10.2. The summed E-state index contributed by atoms with van der Waals surface area (Å²) in [6, 6.07) is 14.3. The lowest BCUT2D eigenvalue weighted by Crippen LogP contribution is -1.99. The SMILES string of the molecule is Clc1cc(CNc2ccc(I)cc2)ccc1Br. The summed E-state index contributed by atoms with van der Waals surface area (Å²) in [4.78, 5) is 0. The van der Waals surface area contributed by atoms with E-state index in [2.05, 4.69) is 74.2 Å². The van der Waals surface area contributed by atoms with Crippen LogP contribution < -0.4 is 5.32 Å². The molecule has 4 heteroatoms. The fourth-order valence-corrected chi connectivity index (χ4v) is 2.23. The fraction of sp³-hybridized carbons (Fsp3) is 0.0769. The van der Waals surface area contributed by atoms with Crippen molar-refractivity contribution in [2.45, 2.75) is 6.54 Å². The number of benzene rings is 2. The Morgan fingerprint density at radius 1 is 1.12 bits per heavy atom. The molecule has 0 heterocycles. The van der Waals surface area contributed by atoms with Crippen LogP contribution in [0.25, 0.3) is 0 Å². The number of halogens is 3. The first-order chi connectivity index (χ1) is 8.15. The maximum Gasteiger partial charge on any atom is 0.0551 e. The molecule has 0 aliphatic carbocycles. The third kappa shape index (κ3) is 3.86. The van der Waals surface area contributed by atoms with Gasteiger partial charge in [0.25, 0.3) is 0 Å². The van der Waals surface area contributed by atoms with Gasteiger partial charge in [0.15, 0.2) is 0 Å². The molecule has 88 valence electrons. The molecule has 0 spiro atoms. The van der Waals surface area contributed by atoms with Crippen molar-refractivity contribution >= 4 is 55.8 Å². The molecule has 0 fully saturated rings. The fourth-order valence-electron chi connectivity index (χ4n) is 1.42. The highest BCUT2D eigenvalue weighted by atomic mass is 127. The van der Waals surface area contributed by atoms with Crippen molar-refractivity contribution in [1.29, 1.82) is 0 Å². The minimum atomic E-state index is 0.743. The minimum absolute atomic E-state index is 0.743. The van der Waals surface area contributed by atoms with Gasteiger partial charge < -0.3 is 5.32 Å². The van der Waals surface area contributed by atoms with Gasteiger partial charge in [0.1, 0.15) is 0 Å². The molecule has 2 rings (SSSR count). The summed E-state index contributed by atoms with van der Waals surface area (Å²) in [6.07, 6.45) is 0. The van der Waals surface area contributed by atoms with Crippen LogP contribution in [0.5, 0.6) is 0 Å². The first-order valence-corrected chi connectivity index (χ1v) is 7.33. The standard InChI is InChI=1S/C13H10BrClIN/c14-12-6-1-9(7-13(12)15)8-17-11-4-2-10(16)3-5-11/h1-7,17H,8H2. The maximum atomic E-state index is 6.04. The van der Waals surface area contributed by atoms with E-state index in [1.807, 2.05) is 12.1 Å². The average molecular weight is 422 g/mol. The zero-order chi connectivity index (χ0) is 12.3. The highest BCUT2D eigenvalue weighted by Crippen LogP contribution is 2.23. The number of hydrogen-bond donors (Lipinski definition) is 1. The van der Waals surface area contributed by atoms with Gasteiger partial charge in [-0.05, 0) is 80.5 Å². The van der Waals surface area contributed by atoms with Crippen LogP contribution in [0.4, 0.5) is 5.69 Å². The largest absolute Gasteiger partial charge is 0.381 e. The van der Waals surface area contributed by atoms with Gasteiger partial charge in [-0.2, -0.15) is 0 Å². The van der Waals surface area contributed by atoms with Crippen molar-refractivity contribution < 1.29 is 0 Å².